The Morgan fingerprint density at radius 1 is 1.32 bits per heavy atom. The summed E-state index contributed by atoms with van der Waals surface area (Å²) in [5.41, 5.74) is 5.18. The number of nitrogens with one attached hydrogen (secondary N) is 2. The maximum absolute atomic E-state index is 11.8. The van der Waals surface area contributed by atoms with Crippen molar-refractivity contribution >= 4 is 12.0 Å². The Kier molecular flexibility index (Phi) is 4.71. The molecule has 0 radical (unpaired) electrons. The SMILES string of the molecule is Cc1ccccc1/C=C/C(=O)NN1CC[NH+](C)CC1. The summed E-state index contributed by atoms with van der Waals surface area (Å²) >= 11 is 0. The van der Waals surface area contributed by atoms with Crippen LogP contribution in [0.5, 0.6) is 0 Å². The van der Waals surface area contributed by atoms with Crippen LogP contribution in [0.3, 0.4) is 0 Å². The first-order valence-corrected chi connectivity index (χ1v) is 6.76. The average Bonchev–Trinajstić information content (AvgIpc) is 2.40. The number of piperazine rings is 1. The van der Waals surface area contributed by atoms with Gasteiger partial charge in [-0.25, -0.2) is 5.01 Å². The zero-order valence-electron chi connectivity index (χ0n) is 11.6. The molecule has 1 aliphatic rings. The van der Waals surface area contributed by atoms with Gasteiger partial charge in [-0.1, -0.05) is 24.3 Å². The fraction of sp³-hybridized carbons (Fsp3) is 0.400. The van der Waals surface area contributed by atoms with Crippen molar-refractivity contribution in [2.75, 3.05) is 33.2 Å². The summed E-state index contributed by atoms with van der Waals surface area (Å²) in [6.45, 7) is 6.01. The Labute approximate surface area is 114 Å². The smallest absolute Gasteiger partial charge is 0.258 e. The van der Waals surface area contributed by atoms with Crippen LogP contribution in [-0.4, -0.2) is 44.1 Å². The second kappa shape index (κ2) is 6.50. The van der Waals surface area contributed by atoms with E-state index in [1.807, 2.05) is 42.3 Å². The number of nitrogens with zero attached hydrogens (tertiary/aromatic N) is 1. The molecule has 1 aliphatic heterocycles. The monoisotopic (exact) mass is 260 g/mol. The van der Waals surface area contributed by atoms with Crippen molar-refractivity contribution < 1.29 is 9.69 Å². The van der Waals surface area contributed by atoms with Gasteiger partial charge in [-0.05, 0) is 24.1 Å². The van der Waals surface area contributed by atoms with E-state index in [9.17, 15) is 4.79 Å². The van der Waals surface area contributed by atoms with Gasteiger partial charge in [-0.2, -0.15) is 0 Å². The molecule has 0 aromatic heterocycles. The van der Waals surface area contributed by atoms with Gasteiger partial charge in [0.2, 0.25) is 0 Å². The molecule has 0 aliphatic carbocycles. The van der Waals surface area contributed by atoms with E-state index in [1.165, 1.54) is 10.5 Å². The molecule has 1 heterocycles. The highest BCUT2D eigenvalue weighted by molar-refractivity contribution is 5.91. The van der Waals surface area contributed by atoms with Crippen LogP contribution in [0, 0.1) is 6.92 Å². The van der Waals surface area contributed by atoms with Crippen molar-refractivity contribution in [3.63, 3.8) is 0 Å². The third kappa shape index (κ3) is 4.19. The number of hydrazine groups is 1. The van der Waals surface area contributed by atoms with E-state index < -0.39 is 0 Å². The van der Waals surface area contributed by atoms with Crippen molar-refractivity contribution in [1.29, 1.82) is 0 Å². The molecular weight excluding hydrogens is 238 g/mol. The molecule has 1 aromatic rings. The number of carbonyl (C=O) groups excluding carboxylic acids is 1. The normalized spacial score (nSPS) is 17.8. The minimum absolute atomic E-state index is 0.0530. The molecule has 0 saturated carbocycles. The first kappa shape index (κ1) is 13.8. The highest BCUT2D eigenvalue weighted by Gasteiger charge is 2.17. The third-order valence-corrected chi connectivity index (χ3v) is 3.49. The topological polar surface area (TPSA) is 36.8 Å². The number of aryl methyl sites for hydroxylation is 1. The van der Waals surface area contributed by atoms with E-state index in [1.54, 1.807) is 6.08 Å². The molecule has 0 unspecified atom stereocenters. The van der Waals surface area contributed by atoms with Gasteiger partial charge in [0.1, 0.15) is 0 Å². The van der Waals surface area contributed by atoms with Gasteiger partial charge in [-0.3, -0.25) is 10.2 Å². The van der Waals surface area contributed by atoms with E-state index in [-0.39, 0.29) is 5.91 Å². The second-order valence-corrected chi connectivity index (χ2v) is 5.11. The van der Waals surface area contributed by atoms with Gasteiger partial charge in [0.15, 0.2) is 0 Å². The first-order valence-electron chi connectivity index (χ1n) is 6.76. The maximum atomic E-state index is 11.8. The third-order valence-electron chi connectivity index (χ3n) is 3.49. The Morgan fingerprint density at radius 3 is 2.68 bits per heavy atom. The minimum Gasteiger partial charge on any atom is -0.335 e. The summed E-state index contributed by atoms with van der Waals surface area (Å²) in [6.07, 6.45) is 3.47. The van der Waals surface area contributed by atoms with Crippen LogP contribution >= 0.6 is 0 Å². The zero-order valence-corrected chi connectivity index (χ0v) is 11.6. The fourth-order valence-electron chi connectivity index (χ4n) is 2.13. The lowest BCUT2D eigenvalue weighted by atomic mass is 10.1. The molecule has 102 valence electrons. The molecule has 19 heavy (non-hydrogen) atoms. The largest absolute Gasteiger partial charge is 0.335 e. The molecule has 0 bridgehead atoms. The predicted molar refractivity (Wildman–Crippen MR) is 76.5 cm³/mol. The van der Waals surface area contributed by atoms with Crippen LogP contribution in [0.15, 0.2) is 30.3 Å². The molecule has 4 heteroatoms. The molecule has 1 aromatic carbocycles. The zero-order chi connectivity index (χ0) is 13.7. The van der Waals surface area contributed by atoms with E-state index >= 15 is 0 Å². The van der Waals surface area contributed by atoms with Gasteiger partial charge in [0.05, 0.1) is 33.2 Å². The van der Waals surface area contributed by atoms with Gasteiger partial charge >= 0.3 is 0 Å². The van der Waals surface area contributed by atoms with E-state index in [2.05, 4.69) is 12.5 Å². The number of likely N-dealkylation sites (N-methyl/N-ethyl adjacent to an activating group) is 1. The number of hydrogen-bond donors (Lipinski definition) is 2. The molecule has 1 amide bonds. The van der Waals surface area contributed by atoms with E-state index in [0.717, 1.165) is 31.7 Å². The lowest BCUT2D eigenvalue weighted by molar-refractivity contribution is -0.884. The Hall–Kier alpha value is -1.65. The first-order chi connectivity index (χ1) is 9.15. The van der Waals surface area contributed by atoms with Crippen LogP contribution in [0.2, 0.25) is 0 Å². The fourth-order valence-corrected chi connectivity index (χ4v) is 2.13. The van der Waals surface area contributed by atoms with Crippen molar-refractivity contribution in [2.24, 2.45) is 0 Å². The van der Waals surface area contributed by atoms with Crippen LogP contribution in [0.1, 0.15) is 11.1 Å². The average molecular weight is 260 g/mol. The van der Waals surface area contributed by atoms with Crippen LogP contribution < -0.4 is 10.3 Å². The number of rotatable bonds is 3. The highest BCUT2D eigenvalue weighted by Crippen LogP contribution is 2.08. The summed E-state index contributed by atoms with van der Waals surface area (Å²) in [7, 11) is 2.18. The Morgan fingerprint density at radius 2 is 2.00 bits per heavy atom. The van der Waals surface area contributed by atoms with Crippen LogP contribution in [0.25, 0.3) is 6.08 Å². The second-order valence-electron chi connectivity index (χ2n) is 5.11. The van der Waals surface area contributed by atoms with Gasteiger partial charge in [-0.15, -0.1) is 0 Å². The number of carbonyl (C=O) groups is 1. The molecular formula is C15H22N3O+. The van der Waals surface area contributed by atoms with Crippen LogP contribution in [-0.2, 0) is 4.79 Å². The summed E-state index contributed by atoms with van der Waals surface area (Å²) in [5.74, 6) is -0.0530. The molecule has 4 nitrogen and oxygen atoms in total. The minimum atomic E-state index is -0.0530. The Balaban J connectivity index is 1.86. The number of amides is 1. The van der Waals surface area contributed by atoms with Crippen molar-refractivity contribution in [3.05, 3.63) is 41.5 Å². The van der Waals surface area contributed by atoms with E-state index in [4.69, 9.17) is 0 Å². The number of benzene rings is 1. The van der Waals surface area contributed by atoms with E-state index in [0.29, 0.717) is 0 Å². The summed E-state index contributed by atoms with van der Waals surface area (Å²) in [4.78, 5) is 13.3. The van der Waals surface area contributed by atoms with Crippen molar-refractivity contribution in [2.45, 2.75) is 6.92 Å². The number of quaternary nitrogens is 1. The van der Waals surface area contributed by atoms with Gasteiger partial charge < -0.3 is 4.90 Å². The molecule has 2 N–H and O–H groups in total. The predicted octanol–water partition coefficient (Wildman–Crippen LogP) is -0.130. The number of hydrogen-bond acceptors (Lipinski definition) is 2. The maximum Gasteiger partial charge on any atom is 0.258 e. The van der Waals surface area contributed by atoms with Crippen molar-refractivity contribution in [3.8, 4) is 0 Å². The summed E-state index contributed by atoms with van der Waals surface area (Å²) in [5, 5.41) is 2.00. The van der Waals surface area contributed by atoms with Crippen LogP contribution in [0.4, 0.5) is 0 Å². The molecule has 0 spiro atoms. The molecule has 1 saturated heterocycles. The molecule has 2 rings (SSSR count). The standard InChI is InChI=1S/C15H21N3O/c1-13-5-3-4-6-14(13)7-8-15(19)16-18-11-9-17(2)10-12-18/h3-8H,9-12H2,1-2H3,(H,16,19)/p+1/b8-7+. The highest BCUT2D eigenvalue weighted by atomic mass is 16.2. The van der Waals surface area contributed by atoms with Gasteiger partial charge in [0, 0.05) is 6.08 Å². The summed E-state index contributed by atoms with van der Waals surface area (Å²) < 4.78 is 0. The molecule has 1 fully saturated rings. The quantitative estimate of drug-likeness (QED) is 0.743. The lowest BCUT2D eigenvalue weighted by Crippen LogP contribution is -3.12. The molecule has 0 atom stereocenters. The summed E-state index contributed by atoms with van der Waals surface area (Å²) in [6, 6.07) is 8.03. The lowest BCUT2D eigenvalue weighted by Gasteiger charge is -2.29. The van der Waals surface area contributed by atoms with Gasteiger partial charge in [0.25, 0.3) is 5.91 Å². The van der Waals surface area contributed by atoms with Crippen molar-refractivity contribution in [1.82, 2.24) is 10.4 Å². The Bertz CT molecular complexity index is 462.